The predicted octanol–water partition coefficient (Wildman–Crippen LogP) is 2.71. The van der Waals surface area contributed by atoms with Gasteiger partial charge in [-0.2, -0.15) is 0 Å². The van der Waals surface area contributed by atoms with Crippen molar-refractivity contribution in [3.05, 3.63) is 57.9 Å². The van der Waals surface area contributed by atoms with E-state index in [-0.39, 0.29) is 0 Å². The van der Waals surface area contributed by atoms with Crippen molar-refractivity contribution >= 4 is 33.4 Å². The van der Waals surface area contributed by atoms with E-state index in [9.17, 15) is 10.1 Å². The van der Waals surface area contributed by atoms with Crippen molar-refractivity contribution in [2.45, 2.75) is 0 Å². The average Bonchev–Trinajstić information content (AvgIpc) is 2.30. The van der Waals surface area contributed by atoms with Crippen molar-refractivity contribution in [2.24, 2.45) is 0 Å². The SMILES string of the molecule is O=[n+]1cccc2cc(Cl)c3cccn([O-])c3c21. The first-order valence-electron chi connectivity index (χ1n) is 5.01. The molecule has 0 bridgehead atoms. The van der Waals surface area contributed by atoms with Crippen LogP contribution in [0.2, 0.25) is 5.02 Å². The summed E-state index contributed by atoms with van der Waals surface area (Å²) in [4.78, 5) is 11.8. The molecule has 4 nitrogen and oxygen atoms in total. The fraction of sp³-hybridized carbons (Fsp3) is 0. The fourth-order valence-electron chi connectivity index (χ4n) is 1.99. The second-order valence-corrected chi connectivity index (χ2v) is 4.13. The van der Waals surface area contributed by atoms with E-state index in [0.717, 1.165) is 0 Å². The molecule has 0 fully saturated rings. The second kappa shape index (κ2) is 3.46. The number of rotatable bonds is 0. The molecule has 0 spiro atoms. The first-order chi connectivity index (χ1) is 8.18. The molecule has 1 aromatic carbocycles. The smallest absolute Gasteiger partial charge is 0.293 e. The van der Waals surface area contributed by atoms with Gasteiger partial charge in [-0.25, -0.2) is 0 Å². The number of aromatic nitrogens is 2. The monoisotopic (exact) mass is 246 g/mol. The number of pyridine rings is 2. The summed E-state index contributed by atoms with van der Waals surface area (Å²) in [6, 6.07) is 8.38. The van der Waals surface area contributed by atoms with Crippen molar-refractivity contribution < 1.29 is 4.43 Å². The maximum absolute atomic E-state index is 11.8. The van der Waals surface area contributed by atoms with Crippen LogP contribution in [0.3, 0.4) is 0 Å². The zero-order valence-electron chi connectivity index (χ0n) is 8.63. The fourth-order valence-corrected chi connectivity index (χ4v) is 2.26. The molecule has 17 heavy (non-hydrogen) atoms. The number of benzene rings is 1. The van der Waals surface area contributed by atoms with Crippen LogP contribution in [-0.4, -0.2) is 4.73 Å². The molecule has 0 saturated carbocycles. The number of hydrogen-bond acceptors (Lipinski definition) is 2. The Morgan fingerprint density at radius 1 is 1.29 bits per heavy atom. The molecule has 0 atom stereocenters. The molecule has 5 heteroatoms. The quantitative estimate of drug-likeness (QED) is 0.452. The lowest BCUT2D eigenvalue weighted by atomic mass is 10.1. The van der Waals surface area contributed by atoms with Crippen molar-refractivity contribution in [2.75, 3.05) is 0 Å². The molecule has 2 aromatic heterocycles. The van der Waals surface area contributed by atoms with Crippen molar-refractivity contribution in [1.29, 1.82) is 0 Å². The summed E-state index contributed by atoms with van der Waals surface area (Å²) in [6.45, 7) is 0. The van der Waals surface area contributed by atoms with Gasteiger partial charge in [-0.15, -0.1) is 0 Å². The van der Waals surface area contributed by atoms with Crippen molar-refractivity contribution in [3.8, 4) is 0 Å². The molecular formula is C12H7ClN2O2. The summed E-state index contributed by atoms with van der Waals surface area (Å²) < 4.78 is 1.35. The van der Waals surface area contributed by atoms with Gasteiger partial charge in [0, 0.05) is 16.4 Å². The summed E-state index contributed by atoms with van der Waals surface area (Å²) in [5.41, 5.74) is 0.633. The van der Waals surface area contributed by atoms with Gasteiger partial charge in [-0.05, 0) is 30.5 Å². The summed E-state index contributed by atoms with van der Waals surface area (Å²) in [7, 11) is 0. The van der Waals surface area contributed by atoms with Crippen LogP contribution in [0.4, 0.5) is 0 Å². The molecular weight excluding hydrogens is 240 g/mol. The Labute approximate surface area is 101 Å². The highest BCUT2D eigenvalue weighted by Crippen LogP contribution is 2.28. The van der Waals surface area contributed by atoms with Crippen LogP contribution in [0.1, 0.15) is 0 Å². The first kappa shape index (κ1) is 10.1. The minimum absolute atomic E-state index is 0.297. The number of halogens is 1. The molecule has 0 aliphatic carbocycles. The maximum Gasteiger partial charge on any atom is 0.293 e. The highest BCUT2D eigenvalue weighted by molar-refractivity contribution is 6.37. The van der Waals surface area contributed by atoms with Gasteiger partial charge in [-0.1, -0.05) is 11.6 Å². The van der Waals surface area contributed by atoms with E-state index in [1.807, 2.05) is 0 Å². The van der Waals surface area contributed by atoms with Crippen LogP contribution in [0.5, 0.6) is 0 Å². The standard InChI is InChI=1S/C12H7ClN2O2/c13-10-7-8-3-1-5-14(16)11(8)12-9(10)4-2-6-15(12)17/h1-7H. The van der Waals surface area contributed by atoms with Crippen LogP contribution in [0, 0.1) is 10.1 Å². The minimum Gasteiger partial charge on any atom is -0.805 e. The van der Waals surface area contributed by atoms with Gasteiger partial charge in [0.05, 0.1) is 14.8 Å². The Morgan fingerprint density at radius 2 is 2.12 bits per heavy atom. The maximum atomic E-state index is 11.8. The van der Waals surface area contributed by atoms with Gasteiger partial charge in [0.25, 0.3) is 5.52 Å². The van der Waals surface area contributed by atoms with E-state index < -0.39 is 0 Å². The minimum atomic E-state index is 0.297. The van der Waals surface area contributed by atoms with Crippen LogP contribution >= 0.6 is 11.6 Å². The predicted molar refractivity (Wildman–Crippen MR) is 66.6 cm³/mol. The van der Waals surface area contributed by atoms with Crippen molar-refractivity contribution in [3.63, 3.8) is 0 Å². The molecule has 0 radical (unpaired) electrons. The molecule has 0 N–H and O–H groups in total. The van der Waals surface area contributed by atoms with Gasteiger partial charge in [0.2, 0.25) is 6.20 Å². The highest BCUT2D eigenvalue weighted by Gasteiger charge is 2.14. The third kappa shape index (κ3) is 1.38. The van der Waals surface area contributed by atoms with Gasteiger partial charge < -0.3 is 9.94 Å². The van der Waals surface area contributed by atoms with E-state index in [0.29, 0.717) is 36.0 Å². The number of fused-ring (bicyclic) bond motifs is 3. The van der Waals surface area contributed by atoms with Gasteiger partial charge in [-0.3, -0.25) is 0 Å². The Kier molecular flexibility index (Phi) is 2.06. The number of nitrogens with zero attached hydrogens (tertiary/aromatic N) is 2. The molecule has 84 valence electrons. The molecule has 0 unspecified atom stereocenters. The molecule has 0 amide bonds. The van der Waals surface area contributed by atoms with E-state index in [4.69, 9.17) is 11.6 Å². The summed E-state index contributed by atoms with van der Waals surface area (Å²) >= 11 is 6.10. The third-order valence-electron chi connectivity index (χ3n) is 2.71. The third-order valence-corrected chi connectivity index (χ3v) is 3.03. The molecule has 2 heterocycles. The average molecular weight is 247 g/mol. The zero-order valence-corrected chi connectivity index (χ0v) is 9.39. The largest absolute Gasteiger partial charge is 0.805 e. The molecule has 0 aliphatic heterocycles. The van der Waals surface area contributed by atoms with E-state index >= 15 is 0 Å². The van der Waals surface area contributed by atoms with Crippen LogP contribution < -0.4 is 4.43 Å². The lowest BCUT2D eigenvalue weighted by molar-refractivity contribution is -0.462. The topological polar surface area (TPSA) is 51.0 Å². The van der Waals surface area contributed by atoms with E-state index in [1.165, 1.54) is 12.4 Å². The van der Waals surface area contributed by atoms with Crippen molar-refractivity contribution in [1.82, 2.24) is 4.73 Å². The normalized spacial score (nSPS) is 11.1. The molecule has 3 aromatic rings. The lowest BCUT2D eigenvalue weighted by Crippen LogP contribution is -2.15. The summed E-state index contributed by atoms with van der Waals surface area (Å²) in [5, 5.41) is 13.5. The molecule has 0 aliphatic rings. The van der Waals surface area contributed by atoms with Crippen LogP contribution in [-0.2, 0) is 0 Å². The van der Waals surface area contributed by atoms with E-state index in [2.05, 4.69) is 0 Å². The Morgan fingerprint density at radius 3 is 2.94 bits per heavy atom. The van der Waals surface area contributed by atoms with E-state index in [1.54, 1.807) is 30.3 Å². The lowest BCUT2D eigenvalue weighted by Gasteiger charge is -2.13. The molecule has 0 saturated heterocycles. The highest BCUT2D eigenvalue weighted by atomic mass is 35.5. The second-order valence-electron chi connectivity index (χ2n) is 3.73. The van der Waals surface area contributed by atoms with Crippen LogP contribution in [0.15, 0.2) is 42.7 Å². The summed E-state index contributed by atoms with van der Waals surface area (Å²) in [5.74, 6) is 0. The Balaban J connectivity index is 2.76. The van der Waals surface area contributed by atoms with Gasteiger partial charge >= 0.3 is 0 Å². The molecule has 3 rings (SSSR count). The number of hydrogen-bond donors (Lipinski definition) is 0. The Bertz CT molecular complexity index is 795. The zero-order chi connectivity index (χ0) is 12.0. The van der Waals surface area contributed by atoms with Gasteiger partial charge in [0.1, 0.15) is 5.52 Å². The van der Waals surface area contributed by atoms with Crippen LogP contribution in [0.25, 0.3) is 21.8 Å². The Hall–Kier alpha value is -2.07. The van der Waals surface area contributed by atoms with Gasteiger partial charge in [0.15, 0.2) is 0 Å². The first-order valence-corrected chi connectivity index (χ1v) is 5.38. The summed E-state index contributed by atoms with van der Waals surface area (Å²) in [6.07, 6.45) is 2.72.